The summed E-state index contributed by atoms with van der Waals surface area (Å²) in [5.74, 6) is 0.0347. The van der Waals surface area contributed by atoms with E-state index in [-0.39, 0.29) is 11.8 Å². The largest absolute Gasteiger partial charge is 0.481 e. The van der Waals surface area contributed by atoms with Gasteiger partial charge < -0.3 is 14.4 Å². The third-order valence-corrected chi connectivity index (χ3v) is 4.23. The predicted octanol–water partition coefficient (Wildman–Crippen LogP) is 2.55. The second-order valence-electron chi connectivity index (χ2n) is 6.03. The third kappa shape index (κ3) is 2.71. The molecule has 0 spiro atoms. The number of piperidine rings is 1. The smallest absolute Gasteiger partial charge is 0.309 e. The Morgan fingerprint density at radius 1 is 1.40 bits per heavy atom. The van der Waals surface area contributed by atoms with Gasteiger partial charge in [-0.15, -0.1) is 0 Å². The summed E-state index contributed by atoms with van der Waals surface area (Å²) in [6, 6.07) is 3.43. The Bertz CT molecular complexity index is 518. The van der Waals surface area contributed by atoms with Gasteiger partial charge in [0.2, 0.25) is 0 Å². The quantitative estimate of drug-likeness (QED) is 0.923. The molecule has 20 heavy (non-hydrogen) atoms. The van der Waals surface area contributed by atoms with Crippen LogP contribution in [-0.4, -0.2) is 35.0 Å². The van der Waals surface area contributed by atoms with Gasteiger partial charge in [-0.2, -0.15) is 0 Å². The number of hydrogen-bond acceptors (Lipinski definition) is 3. The van der Waals surface area contributed by atoms with E-state index in [1.807, 2.05) is 0 Å². The number of carboxylic acid groups (broad SMARTS) is 1. The van der Waals surface area contributed by atoms with Crippen LogP contribution in [-0.2, 0) is 4.79 Å². The molecule has 1 unspecified atom stereocenters. The molecular formula is C15H21NO4. The van der Waals surface area contributed by atoms with E-state index in [0.717, 1.165) is 12.8 Å². The van der Waals surface area contributed by atoms with Crippen LogP contribution in [0.3, 0.4) is 0 Å². The maximum Gasteiger partial charge on any atom is 0.309 e. The van der Waals surface area contributed by atoms with Crippen LogP contribution in [0.15, 0.2) is 16.5 Å². The number of aliphatic carboxylic acids is 1. The van der Waals surface area contributed by atoms with E-state index in [4.69, 9.17) is 4.42 Å². The molecule has 0 aromatic carbocycles. The molecule has 0 radical (unpaired) electrons. The van der Waals surface area contributed by atoms with Crippen LogP contribution in [0.2, 0.25) is 0 Å². The molecule has 1 fully saturated rings. The van der Waals surface area contributed by atoms with Crippen molar-refractivity contribution in [1.29, 1.82) is 0 Å². The van der Waals surface area contributed by atoms with Crippen molar-refractivity contribution in [2.24, 2.45) is 11.3 Å². The van der Waals surface area contributed by atoms with Gasteiger partial charge in [-0.1, -0.05) is 0 Å². The molecular weight excluding hydrogens is 258 g/mol. The van der Waals surface area contributed by atoms with E-state index in [1.165, 1.54) is 0 Å². The van der Waals surface area contributed by atoms with Gasteiger partial charge in [-0.3, -0.25) is 9.59 Å². The molecule has 1 aromatic heterocycles. The van der Waals surface area contributed by atoms with Gasteiger partial charge in [0.05, 0.1) is 5.41 Å². The van der Waals surface area contributed by atoms with Crippen LogP contribution < -0.4 is 0 Å². The molecule has 2 heterocycles. The highest BCUT2D eigenvalue weighted by atomic mass is 16.4. The standard InChI is InChI=1S/C15H21NO4/c1-10-6-7-12(20-10)13(17)16-8-4-5-11(9-16)15(2,3)14(18)19/h6-7,11H,4-5,8-9H2,1-3H3,(H,18,19). The number of rotatable bonds is 3. The predicted molar refractivity (Wildman–Crippen MR) is 73.5 cm³/mol. The number of carbonyl (C=O) groups excluding carboxylic acids is 1. The van der Waals surface area contributed by atoms with Gasteiger partial charge in [0.1, 0.15) is 5.76 Å². The average molecular weight is 279 g/mol. The third-order valence-electron chi connectivity index (χ3n) is 4.23. The van der Waals surface area contributed by atoms with Crippen LogP contribution in [0.5, 0.6) is 0 Å². The summed E-state index contributed by atoms with van der Waals surface area (Å²) in [6.45, 7) is 6.38. The highest BCUT2D eigenvalue weighted by Gasteiger charge is 2.40. The Kier molecular flexibility index (Phi) is 3.88. The van der Waals surface area contributed by atoms with Crippen molar-refractivity contribution in [1.82, 2.24) is 4.90 Å². The van der Waals surface area contributed by atoms with E-state index in [0.29, 0.717) is 24.6 Å². The SMILES string of the molecule is Cc1ccc(C(=O)N2CCCC(C(C)(C)C(=O)O)C2)o1. The summed E-state index contributed by atoms with van der Waals surface area (Å²) in [7, 11) is 0. The monoisotopic (exact) mass is 279 g/mol. The lowest BCUT2D eigenvalue weighted by atomic mass is 9.74. The van der Waals surface area contributed by atoms with Crippen LogP contribution in [0.4, 0.5) is 0 Å². The van der Waals surface area contributed by atoms with Crippen molar-refractivity contribution >= 4 is 11.9 Å². The fourth-order valence-corrected chi connectivity index (χ4v) is 2.63. The average Bonchev–Trinajstić information content (AvgIpc) is 2.84. The molecule has 5 nitrogen and oxygen atoms in total. The van der Waals surface area contributed by atoms with Gasteiger partial charge in [-0.25, -0.2) is 0 Å². The van der Waals surface area contributed by atoms with Crippen molar-refractivity contribution < 1.29 is 19.1 Å². The van der Waals surface area contributed by atoms with Crippen LogP contribution >= 0.6 is 0 Å². The van der Waals surface area contributed by atoms with Gasteiger partial charge in [0, 0.05) is 13.1 Å². The molecule has 0 saturated carbocycles. The molecule has 1 N–H and O–H groups in total. The zero-order valence-corrected chi connectivity index (χ0v) is 12.2. The first-order valence-corrected chi connectivity index (χ1v) is 6.91. The molecule has 0 aliphatic carbocycles. The Hall–Kier alpha value is -1.78. The Morgan fingerprint density at radius 3 is 2.65 bits per heavy atom. The van der Waals surface area contributed by atoms with E-state index < -0.39 is 11.4 Å². The lowest BCUT2D eigenvalue weighted by Crippen LogP contribution is -2.46. The van der Waals surface area contributed by atoms with Gasteiger partial charge in [0.15, 0.2) is 5.76 Å². The molecule has 0 bridgehead atoms. The van der Waals surface area contributed by atoms with Crippen LogP contribution in [0, 0.1) is 18.3 Å². The van der Waals surface area contributed by atoms with Crippen LogP contribution in [0.1, 0.15) is 43.0 Å². The molecule has 5 heteroatoms. The Labute approximate surface area is 118 Å². The zero-order chi connectivity index (χ0) is 14.9. The number of nitrogens with zero attached hydrogens (tertiary/aromatic N) is 1. The number of furan rings is 1. The summed E-state index contributed by atoms with van der Waals surface area (Å²) in [4.78, 5) is 25.4. The highest BCUT2D eigenvalue weighted by molar-refractivity contribution is 5.91. The van der Waals surface area contributed by atoms with E-state index in [2.05, 4.69) is 0 Å². The number of likely N-dealkylation sites (tertiary alicyclic amines) is 1. The number of aryl methyl sites for hydroxylation is 1. The lowest BCUT2D eigenvalue weighted by molar-refractivity contribution is -0.151. The van der Waals surface area contributed by atoms with Crippen molar-refractivity contribution in [3.63, 3.8) is 0 Å². The first kappa shape index (κ1) is 14.6. The van der Waals surface area contributed by atoms with Gasteiger partial charge in [0.25, 0.3) is 5.91 Å². The highest BCUT2D eigenvalue weighted by Crippen LogP contribution is 2.34. The van der Waals surface area contributed by atoms with Crippen LogP contribution in [0.25, 0.3) is 0 Å². The number of hydrogen-bond donors (Lipinski definition) is 1. The maximum absolute atomic E-state index is 12.3. The summed E-state index contributed by atoms with van der Waals surface area (Å²) >= 11 is 0. The fraction of sp³-hybridized carbons (Fsp3) is 0.600. The summed E-state index contributed by atoms with van der Waals surface area (Å²) in [5.41, 5.74) is -0.821. The summed E-state index contributed by atoms with van der Waals surface area (Å²) in [5, 5.41) is 9.32. The molecule has 1 atom stereocenters. The zero-order valence-electron chi connectivity index (χ0n) is 12.2. The van der Waals surface area contributed by atoms with E-state index in [1.54, 1.807) is 37.8 Å². The summed E-state index contributed by atoms with van der Waals surface area (Å²) < 4.78 is 5.36. The molecule has 1 aliphatic heterocycles. The fourth-order valence-electron chi connectivity index (χ4n) is 2.63. The second-order valence-corrected chi connectivity index (χ2v) is 6.03. The second kappa shape index (κ2) is 5.31. The minimum atomic E-state index is -0.821. The summed E-state index contributed by atoms with van der Waals surface area (Å²) in [6.07, 6.45) is 1.66. The Balaban J connectivity index is 2.11. The first-order chi connectivity index (χ1) is 9.32. The molecule has 1 aromatic rings. The topological polar surface area (TPSA) is 70.8 Å². The van der Waals surface area contributed by atoms with Crippen molar-refractivity contribution in [3.8, 4) is 0 Å². The number of carboxylic acids is 1. The number of amides is 1. The molecule has 1 saturated heterocycles. The normalized spacial score (nSPS) is 19.9. The van der Waals surface area contributed by atoms with Crippen molar-refractivity contribution in [2.45, 2.75) is 33.6 Å². The van der Waals surface area contributed by atoms with Gasteiger partial charge in [-0.05, 0) is 51.7 Å². The van der Waals surface area contributed by atoms with E-state index in [9.17, 15) is 14.7 Å². The van der Waals surface area contributed by atoms with E-state index >= 15 is 0 Å². The minimum Gasteiger partial charge on any atom is -0.481 e. The molecule has 1 amide bonds. The molecule has 110 valence electrons. The van der Waals surface area contributed by atoms with Crippen molar-refractivity contribution in [3.05, 3.63) is 23.7 Å². The Morgan fingerprint density at radius 2 is 2.10 bits per heavy atom. The maximum atomic E-state index is 12.3. The minimum absolute atomic E-state index is 0.0336. The molecule has 2 rings (SSSR count). The van der Waals surface area contributed by atoms with Crippen molar-refractivity contribution in [2.75, 3.05) is 13.1 Å². The molecule has 1 aliphatic rings. The first-order valence-electron chi connectivity index (χ1n) is 6.91. The number of carbonyl (C=O) groups is 2. The van der Waals surface area contributed by atoms with Gasteiger partial charge >= 0.3 is 5.97 Å². The lowest BCUT2D eigenvalue weighted by Gasteiger charge is -2.38.